The summed E-state index contributed by atoms with van der Waals surface area (Å²) < 4.78 is 61.2. The van der Waals surface area contributed by atoms with Gasteiger partial charge in [-0.2, -0.15) is 0 Å². The van der Waals surface area contributed by atoms with Crippen molar-refractivity contribution in [3.63, 3.8) is 0 Å². The summed E-state index contributed by atoms with van der Waals surface area (Å²) in [6.45, 7) is 2.54. The van der Waals surface area contributed by atoms with E-state index < -0.39 is 91.5 Å². The summed E-state index contributed by atoms with van der Waals surface area (Å²) in [7, 11) is -9.80. The minimum Gasteiger partial charge on any atom is -0.463 e. The smallest absolute Gasteiger partial charge is 0.463 e. The molecule has 18 heteroatoms. The van der Waals surface area contributed by atoms with Gasteiger partial charge in [0.25, 0.3) is 0 Å². The lowest BCUT2D eigenvalue weighted by atomic mass is 10.0. The molecular weight excluding hydrogens is 1390 g/mol. The molecule has 5 atom stereocenters. The third-order valence-electron chi connectivity index (χ3n) is 18.1. The van der Waals surface area contributed by atoms with Crippen molar-refractivity contribution in [1.82, 2.24) is 0 Å². The molecule has 0 aromatic heterocycles. The number of phosphoric ester groups is 2. The molecule has 0 aromatic rings. The van der Waals surface area contributed by atoms with Gasteiger partial charge in [0.1, 0.15) is 25.4 Å². The Kier molecular flexibility index (Phi) is 78.4. The molecule has 0 fully saturated rings. The fraction of sp³-hybridized carbons (Fsp3) is 0.742. The van der Waals surface area contributed by atoms with E-state index in [1.807, 2.05) is 0 Å². The normalized spacial score (nSPS) is 14.5. The molecule has 16 nitrogen and oxygen atoms in total. The van der Waals surface area contributed by atoms with E-state index in [9.17, 15) is 43.5 Å². The van der Waals surface area contributed by atoms with Crippen LogP contribution in [-0.2, 0) is 55.8 Å². The first kappa shape index (κ1) is 103. The molecular formula is C89H156O16P2. The molecule has 0 saturated carbocycles. The first-order valence-electron chi connectivity index (χ1n) is 42.8. The van der Waals surface area contributed by atoms with Gasteiger partial charge >= 0.3 is 33.6 Å². The van der Waals surface area contributed by atoms with Crippen molar-refractivity contribution < 1.29 is 75.8 Å². The summed E-state index contributed by atoms with van der Waals surface area (Å²) in [6, 6.07) is 0. The number of unbranched alkanes of at least 4 members (excludes halogenated alkanes) is 38. The van der Waals surface area contributed by atoms with Crippen LogP contribution in [0.15, 0.2) is 122 Å². The molecule has 4 N–H and O–H groups in total. The lowest BCUT2D eigenvalue weighted by molar-refractivity contribution is -0.161. The van der Waals surface area contributed by atoms with Gasteiger partial charge in [0, 0.05) is 19.3 Å². The fourth-order valence-corrected chi connectivity index (χ4v) is 13.2. The predicted octanol–water partition coefficient (Wildman–Crippen LogP) is 25.7. The molecule has 0 saturated heterocycles. The summed E-state index contributed by atoms with van der Waals surface area (Å²) in [5.74, 6) is -1.59. The number of carbonyl (C=O) groups excluding carboxylic acids is 3. The van der Waals surface area contributed by atoms with Crippen molar-refractivity contribution in [3.05, 3.63) is 122 Å². The van der Waals surface area contributed by atoms with Crippen LogP contribution in [0.1, 0.15) is 367 Å². The van der Waals surface area contributed by atoms with Crippen LogP contribution >= 0.6 is 15.6 Å². The highest BCUT2D eigenvalue weighted by Crippen LogP contribution is 2.45. The maximum Gasteiger partial charge on any atom is 0.472 e. The quantitative estimate of drug-likeness (QED) is 0.0146. The van der Waals surface area contributed by atoms with Gasteiger partial charge in [-0.25, -0.2) is 9.13 Å². The number of esters is 3. The second kappa shape index (κ2) is 81.4. The topological polar surface area (TPSA) is 231 Å². The molecule has 0 heterocycles. The third kappa shape index (κ3) is 82.7. The number of carbonyl (C=O) groups is 3. The Morgan fingerprint density at radius 3 is 0.813 bits per heavy atom. The zero-order chi connectivity index (χ0) is 78.0. The van der Waals surface area contributed by atoms with Crippen LogP contribution < -0.4 is 0 Å². The summed E-state index contributed by atoms with van der Waals surface area (Å²) in [6.07, 6.45) is 98.3. The average Bonchev–Trinajstić information content (AvgIpc) is 0.906. The molecule has 0 aliphatic rings. The Morgan fingerprint density at radius 1 is 0.271 bits per heavy atom. The molecule has 0 radical (unpaired) electrons. The number of ether oxygens (including phenoxy) is 3. The van der Waals surface area contributed by atoms with Gasteiger partial charge in [-0.1, -0.05) is 335 Å². The van der Waals surface area contributed by atoms with Gasteiger partial charge in [-0.15, -0.1) is 0 Å². The Bertz CT molecular complexity index is 2430. The predicted molar refractivity (Wildman–Crippen MR) is 445 cm³/mol. The van der Waals surface area contributed by atoms with Crippen LogP contribution in [0.25, 0.3) is 0 Å². The number of aliphatic hydroxyl groups excluding tert-OH is 2. The van der Waals surface area contributed by atoms with Gasteiger partial charge in [-0.05, 0) is 135 Å². The van der Waals surface area contributed by atoms with E-state index >= 15 is 0 Å². The van der Waals surface area contributed by atoms with E-state index in [2.05, 4.69) is 142 Å². The van der Waals surface area contributed by atoms with Crippen LogP contribution in [0.2, 0.25) is 0 Å². The standard InChI is InChI=1S/C89H156O16P2/c1-4-7-10-13-16-19-22-25-28-30-32-34-35-36-37-38-39-40-41-42-43-44-45-46-47-49-51-52-55-57-60-63-66-69-72-75-87(92)99-78-84(90)79-101-106(95,96)102-80-85(91)81-103-107(97,98)104-83-86(105-89(94)77-74-71-68-65-62-59-54-27-24-21-18-15-12-9-6-3)82-100-88(93)76-73-70-67-64-61-58-56-53-50-48-33-31-29-26-23-20-17-14-11-8-5-2/h7,10,16-17,19-20,25-29,32-34,36-37,48,53-54,56,84-86,90-91H,4-6,8-9,11-15,18,21-24,30-31,35,38-47,49-52,55,57-83H2,1-3H3,(H,95,96)(H,97,98)/b10-7-,19-16-,20-17-,28-25-,29-26-,34-32-,37-36-,48-33-,54-27-,56-53-. The summed E-state index contributed by atoms with van der Waals surface area (Å²) >= 11 is 0. The SMILES string of the molecule is CC/C=C\C/C=C\C/C=C\C/C=C\C/C=C\CCCCCCCCCCCCCCCCCCCCCC(=O)OCC(O)COP(=O)(O)OCC(O)COP(=O)(O)OCC(COC(=O)CCCCCCC/C=C\C/C=C\C/C=C\C/C=C\CCCCC)OC(=O)CCCCCCC/C=C\CCCCCCCC. The zero-order valence-electron chi connectivity index (χ0n) is 67.8. The van der Waals surface area contributed by atoms with Crippen molar-refractivity contribution in [2.75, 3.05) is 39.6 Å². The Hall–Kier alpha value is -4.05. The maximum atomic E-state index is 13.0. The second-order valence-electron chi connectivity index (χ2n) is 28.6. The minimum absolute atomic E-state index is 0.0902. The van der Waals surface area contributed by atoms with E-state index in [0.29, 0.717) is 19.3 Å². The highest BCUT2D eigenvalue weighted by atomic mass is 31.2. The van der Waals surface area contributed by atoms with E-state index in [1.54, 1.807) is 0 Å². The highest BCUT2D eigenvalue weighted by molar-refractivity contribution is 7.47. The third-order valence-corrected chi connectivity index (χ3v) is 20.0. The van der Waals surface area contributed by atoms with Gasteiger partial charge in [-0.3, -0.25) is 32.5 Å². The Labute approximate surface area is 653 Å². The monoisotopic (exact) mass is 1540 g/mol. The number of hydrogen-bond acceptors (Lipinski definition) is 14. The zero-order valence-corrected chi connectivity index (χ0v) is 69.6. The largest absolute Gasteiger partial charge is 0.472 e. The molecule has 0 spiro atoms. The fourth-order valence-electron chi connectivity index (χ4n) is 11.6. The first-order valence-corrected chi connectivity index (χ1v) is 45.8. The molecule has 107 heavy (non-hydrogen) atoms. The number of rotatable bonds is 81. The molecule has 0 bridgehead atoms. The van der Waals surface area contributed by atoms with E-state index in [4.69, 9.17) is 32.3 Å². The molecule has 0 aliphatic carbocycles. The van der Waals surface area contributed by atoms with Gasteiger partial charge < -0.3 is 34.2 Å². The second-order valence-corrected chi connectivity index (χ2v) is 31.5. The van der Waals surface area contributed by atoms with Crippen LogP contribution in [0.4, 0.5) is 0 Å². The van der Waals surface area contributed by atoms with Crippen molar-refractivity contribution in [3.8, 4) is 0 Å². The van der Waals surface area contributed by atoms with Crippen molar-refractivity contribution in [2.24, 2.45) is 0 Å². The van der Waals surface area contributed by atoms with E-state index in [-0.39, 0.29) is 19.3 Å². The minimum atomic E-state index is -4.94. The first-order chi connectivity index (χ1) is 52.2. The number of aliphatic hydroxyl groups is 2. The van der Waals surface area contributed by atoms with Crippen LogP contribution in [0.3, 0.4) is 0 Å². The number of allylic oxidation sites excluding steroid dienone is 20. The molecule has 0 rings (SSSR count). The van der Waals surface area contributed by atoms with Crippen LogP contribution in [0, 0.1) is 0 Å². The summed E-state index contributed by atoms with van der Waals surface area (Å²) in [5.41, 5.74) is 0. The van der Waals surface area contributed by atoms with Gasteiger partial charge in [0.05, 0.1) is 26.4 Å². The molecule has 5 unspecified atom stereocenters. The van der Waals surface area contributed by atoms with Gasteiger partial charge in [0.2, 0.25) is 0 Å². The lowest BCUT2D eigenvalue weighted by Crippen LogP contribution is -2.30. The molecule has 0 aliphatic heterocycles. The maximum absolute atomic E-state index is 13.0. The van der Waals surface area contributed by atoms with Crippen molar-refractivity contribution in [1.29, 1.82) is 0 Å². The van der Waals surface area contributed by atoms with Crippen LogP contribution in [0.5, 0.6) is 0 Å². The Balaban J connectivity index is 4.42. The van der Waals surface area contributed by atoms with E-state index in [0.717, 1.165) is 141 Å². The van der Waals surface area contributed by atoms with E-state index in [1.165, 1.54) is 167 Å². The summed E-state index contributed by atoms with van der Waals surface area (Å²) in [4.78, 5) is 58.7. The molecule has 0 aromatic carbocycles. The molecule has 618 valence electrons. The van der Waals surface area contributed by atoms with Crippen molar-refractivity contribution in [2.45, 2.75) is 386 Å². The summed E-state index contributed by atoms with van der Waals surface area (Å²) in [5, 5.41) is 20.7. The van der Waals surface area contributed by atoms with Gasteiger partial charge in [0.15, 0.2) is 6.10 Å². The highest BCUT2D eigenvalue weighted by Gasteiger charge is 2.29. The lowest BCUT2D eigenvalue weighted by Gasteiger charge is -2.21. The average molecular weight is 1540 g/mol. The molecule has 0 amide bonds. The van der Waals surface area contributed by atoms with Crippen molar-refractivity contribution >= 4 is 33.6 Å². The van der Waals surface area contributed by atoms with Crippen LogP contribution in [-0.4, -0.2) is 95.9 Å². The number of phosphoric acid groups is 2. The number of hydrogen-bond donors (Lipinski definition) is 4. The Morgan fingerprint density at radius 2 is 0.495 bits per heavy atom.